The summed E-state index contributed by atoms with van der Waals surface area (Å²) in [6, 6.07) is 45.7. The Labute approximate surface area is 604 Å². The van der Waals surface area contributed by atoms with E-state index < -0.39 is 0 Å². The third-order valence-corrected chi connectivity index (χ3v) is 28.4. The van der Waals surface area contributed by atoms with E-state index in [9.17, 15) is 19.2 Å². The lowest BCUT2D eigenvalue weighted by atomic mass is 9.71. The minimum absolute atomic E-state index is 0.00500. The fourth-order valence-electron chi connectivity index (χ4n) is 17.0. The van der Waals surface area contributed by atoms with Gasteiger partial charge in [0.15, 0.2) is 35.4 Å². The van der Waals surface area contributed by atoms with Crippen LogP contribution in [0.25, 0.3) is 6.08 Å². The van der Waals surface area contributed by atoms with Crippen molar-refractivity contribution in [2.75, 3.05) is 66.1 Å². The van der Waals surface area contributed by atoms with Gasteiger partial charge in [-0.2, -0.15) is 0 Å². The number of esters is 1. The minimum atomic E-state index is -0.107. The molecule has 100 heavy (non-hydrogen) atoms. The van der Waals surface area contributed by atoms with Crippen molar-refractivity contribution in [1.82, 2.24) is 14.8 Å². The number of fused-ring (bicyclic) bond motifs is 12. The number of allylic oxidation sites excluding steroid dienone is 1. The molecular weight excluding hydrogens is 1330 g/mol. The molecule has 2 saturated heterocycles. The van der Waals surface area contributed by atoms with Gasteiger partial charge in [0, 0.05) is 103 Å². The first-order valence-corrected chi connectivity index (χ1v) is 39.9. The van der Waals surface area contributed by atoms with E-state index in [1.54, 1.807) is 30.5 Å². The number of para-hydroxylation sites is 1. The van der Waals surface area contributed by atoms with Gasteiger partial charge in [-0.3, -0.25) is 19.3 Å². The quantitative estimate of drug-likeness (QED) is 0.0997. The first kappa shape index (κ1) is 68.3. The maximum absolute atomic E-state index is 13.2. The SMILES string of the molecule is CC1(C)CC(=O)C2=C(C1)N1CCc3ccccc3C1CC21SCCS1.CC1OC(=O)C2=C1N1CCc3ccccc3C1CC21SCCS1.O=C(/C=C/c1ccc2c(c1)OCO2)N(c1ccccn1)C1CCCCC1.O=C(COc1ccc2c(c1)OCO2)N(c1ccccc1)C1CCCCC1. The van der Waals surface area contributed by atoms with Crippen LogP contribution in [0.2, 0.25) is 0 Å². The summed E-state index contributed by atoms with van der Waals surface area (Å²) in [5, 5.41) is 0. The lowest BCUT2D eigenvalue weighted by Crippen LogP contribution is -2.49. The number of carbonyl (C=O) groups is 4. The van der Waals surface area contributed by atoms with Crippen LogP contribution in [0.15, 0.2) is 168 Å². The van der Waals surface area contributed by atoms with Crippen molar-refractivity contribution < 1.29 is 47.6 Å². The van der Waals surface area contributed by atoms with Gasteiger partial charge in [-0.1, -0.05) is 131 Å². The zero-order valence-electron chi connectivity index (χ0n) is 57.4. The molecule has 2 spiro atoms. The largest absolute Gasteiger partial charge is 0.484 e. The molecule has 3 aliphatic carbocycles. The Bertz CT molecular complexity index is 4100. The molecule has 2 amide bonds. The number of cyclic esters (lactones) is 1. The lowest BCUT2D eigenvalue weighted by Gasteiger charge is -2.53. The van der Waals surface area contributed by atoms with Crippen molar-refractivity contribution in [1.29, 1.82) is 0 Å². The molecule has 2 saturated carbocycles. The molecule has 6 aromatic rings. The average Bonchev–Trinajstić information content (AvgIpc) is 1.51. The molecule has 9 aliphatic heterocycles. The molecule has 0 bridgehead atoms. The van der Waals surface area contributed by atoms with Crippen LogP contribution in [0.4, 0.5) is 11.5 Å². The Morgan fingerprint density at radius 2 is 1.17 bits per heavy atom. The molecule has 5 aromatic carbocycles. The number of ketones is 1. The molecule has 522 valence electrons. The molecule has 3 unspecified atom stereocenters. The van der Waals surface area contributed by atoms with Gasteiger partial charge in [0.05, 0.1) is 31.5 Å². The number of thioether (sulfide) groups is 4. The number of Topliss-reactive ketones (excluding diaryl/α,β-unsaturated/α-hetero) is 1. The lowest BCUT2D eigenvalue weighted by molar-refractivity contribution is -0.139. The molecule has 10 heterocycles. The smallest absolute Gasteiger partial charge is 0.338 e. The molecule has 19 heteroatoms. The summed E-state index contributed by atoms with van der Waals surface area (Å²) in [5.41, 5.74) is 12.6. The number of aromatic nitrogens is 1. The highest BCUT2D eigenvalue weighted by Crippen LogP contribution is 2.64. The van der Waals surface area contributed by atoms with Crippen LogP contribution >= 0.6 is 47.0 Å². The maximum Gasteiger partial charge on any atom is 0.338 e. The van der Waals surface area contributed by atoms with Crippen molar-refractivity contribution in [3.63, 3.8) is 0 Å². The second-order valence-electron chi connectivity index (χ2n) is 28.5. The van der Waals surface area contributed by atoms with Crippen LogP contribution in [-0.2, 0) is 36.8 Å². The fraction of sp³-hybridized carbons (Fsp3) is 0.444. The number of rotatable bonds is 9. The number of benzene rings is 5. The Kier molecular flexibility index (Phi) is 20.4. The molecule has 1 aromatic heterocycles. The summed E-state index contributed by atoms with van der Waals surface area (Å²) in [7, 11) is 0. The summed E-state index contributed by atoms with van der Waals surface area (Å²) < 4.78 is 32.7. The third-order valence-electron chi connectivity index (χ3n) is 21.5. The summed E-state index contributed by atoms with van der Waals surface area (Å²) in [4.78, 5) is 65.0. The zero-order valence-corrected chi connectivity index (χ0v) is 60.7. The van der Waals surface area contributed by atoms with E-state index in [1.807, 2.05) is 137 Å². The second kappa shape index (κ2) is 29.9. The maximum atomic E-state index is 13.2. The van der Waals surface area contributed by atoms with Gasteiger partial charge in [0.2, 0.25) is 13.6 Å². The van der Waals surface area contributed by atoms with Crippen LogP contribution in [-0.4, -0.2) is 121 Å². The summed E-state index contributed by atoms with van der Waals surface area (Å²) in [6.45, 7) is 9.08. The van der Waals surface area contributed by atoms with Crippen molar-refractivity contribution in [2.45, 2.75) is 162 Å². The third kappa shape index (κ3) is 14.1. The Hall–Kier alpha value is -7.45. The van der Waals surface area contributed by atoms with Gasteiger partial charge in [-0.25, -0.2) is 9.78 Å². The van der Waals surface area contributed by atoms with E-state index in [0.29, 0.717) is 47.3 Å². The predicted molar refractivity (Wildman–Crippen MR) is 400 cm³/mol. The van der Waals surface area contributed by atoms with Gasteiger partial charge >= 0.3 is 5.97 Å². The number of nitrogens with zero attached hydrogens (tertiary/aromatic N) is 5. The first-order chi connectivity index (χ1) is 48.8. The number of amides is 2. The minimum Gasteiger partial charge on any atom is -0.484 e. The molecular formula is C81H89N5O10S4. The van der Waals surface area contributed by atoms with E-state index in [-0.39, 0.29) is 69.7 Å². The van der Waals surface area contributed by atoms with Crippen LogP contribution in [0.5, 0.6) is 28.7 Å². The van der Waals surface area contributed by atoms with E-state index >= 15 is 0 Å². The van der Waals surface area contributed by atoms with Gasteiger partial charge in [0.25, 0.3) is 11.8 Å². The van der Waals surface area contributed by atoms with Gasteiger partial charge < -0.3 is 43.1 Å². The molecule has 0 radical (unpaired) electrons. The number of hydrogen-bond acceptors (Lipinski definition) is 17. The highest BCUT2D eigenvalue weighted by atomic mass is 32.2. The van der Waals surface area contributed by atoms with Crippen LogP contribution in [0, 0.1) is 5.41 Å². The topological polar surface area (TPSA) is 150 Å². The van der Waals surface area contributed by atoms with E-state index in [4.69, 9.17) is 28.4 Å². The van der Waals surface area contributed by atoms with Crippen LogP contribution in [0.3, 0.4) is 0 Å². The van der Waals surface area contributed by atoms with Crippen LogP contribution < -0.4 is 33.5 Å². The Morgan fingerprint density at radius 3 is 1.81 bits per heavy atom. The van der Waals surface area contributed by atoms with Gasteiger partial charge in [0.1, 0.15) is 17.7 Å². The van der Waals surface area contributed by atoms with Crippen molar-refractivity contribution in [3.8, 4) is 28.7 Å². The molecule has 12 aliphatic rings. The van der Waals surface area contributed by atoms with Crippen molar-refractivity contribution >= 4 is 88.2 Å². The number of hydrogen-bond donors (Lipinski definition) is 0. The summed E-state index contributed by atoms with van der Waals surface area (Å²) >= 11 is 8.00. The number of pyridine rings is 1. The fourth-order valence-corrected chi connectivity index (χ4v) is 23.9. The molecule has 0 N–H and O–H groups in total. The highest BCUT2D eigenvalue weighted by Gasteiger charge is 2.57. The molecule has 18 rings (SSSR count). The number of anilines is 2. The summed E-state index contributed by atoms with van der Waals surface area (Å²) in [6.07, 6.45) is 22.4. The predicted octanol–water partition coefficient (Wildman–Crippen LogP) is 16.5. The Balaban J connectivity index is 0.000000108. The van der Waals surface area contributed by atoms with E-state index in [1.165, 1.54) is 76.4 Å². The monoisotopic (exact) mass is 1420 g/mol. The molecule has 4 fully saturated rings. The van der Waals surface area contributed by atoms with Gasteiger partial charge in [-0.15, -0.1) is 47.0 Å². The summed E-state index contributed by atoms with van der Waals surface area (Å²) in [5.74, 6) is 9.04. The van der Waals surface area contributed by atoms with Crippen molar-refractivity contribution in [3.05, 3.63) is 196 Å². The van der Waals surface area contributed by atoms with E-state index in [0.717, 1.165) is 124 Å². The normalized spacial score (nSPS) is 23.1. The average molecular weight is 1420 g/mol. The Morgan fingerprint density at radius 1 is 0.610 bits per heavy atom. The van der Waals surface area contributed by atoms with Gasteiger partial charge in [-0.05, 0) is 140 Å². The zero-order chi connectivity index (χ0) is 68.4. The van der Waals surface area contributed by atoms with E-state index in [2.05, 4.69) is 77.2 Å². The molecule has 15 nitrogen and oxygen atoms in total. The second-order valence-corrected chi connectivity index (χ2v) is 34.6. The number of ether oxygens (including phenoxy) is 6. The highest BCUT2D eigenvalue weighted by molar-refractivity contribution is 8.22. The van der Waals surface area contributed by atoms with Crippen LogP contribution in [0.1, 0.15) is 151 Å². The molecule has 3 atom stereocenters. The van der Waals surface area contributed by atoms with Crippen molar-refractivity contribution in [2.24, 2.45) is 5.41 Å². The standard InChI is InChI=1S/C21H22N2O3.C21H23NO4.C21H25NOS2.C18H19NO2S2/c24-21(12-10-16-9-11-18-19(14-16)26-15-25-18)23(17-6-2-1-3-7-17)20-8-4-5-13-22-20;23-21(14-24-18-11-12-19-20(13-18)26-15-25-19)22(16-7-3-1-4-8-16)17-9-5-2-6-10-17;1-20(2)11-17-19(18(23)13-20)21(24-9-10-25-21)12-16-15-6-4-3-5-14(15)7-8-22(16)17;1-11-16-15(17(20)21-11)18(22-8-9-23-18)10-14-13-5-3-2-4-12(13)6-7-19(14)16/h4-5,8-14,17H,1-3,6-7,15H2;1,3-4,7-8,11-13,17H,2,5-6,9-10,14-15H2;3-6,16H,7-13H2,1-2H3;2-5,11,14H,6-10H2,1H3/b12-10+;;;. The first-order valence-electron chi connectivity index (χ1n) is 36.0. The number of carbonyl (C=O) groups excluding carboxylic acids is 4.